The topological polar surface area (TPSA) is 115 Å². The van der Waals surface area contributed by atoms with Crippen molar-refractivity contribution in [3.8, 4) is 11.3 Å². The number of hydrogen-bond donors (Lipinski definition) is 4. The van der Waals surface area contributed by atoms with E-state index < -0.39 is 0 Å². The lowest BCUT2D eigenvalue weighted by atomic mass is 9.85. The number of anilines is 3. The van der Waals surface area contributed by atoms with Crippen LogP contribution >= 0.6 is 0 Å². The van der Waals surface area contributed by atoms with Crippen molar-refractivity contribution in [2.45, 2.75) is 25.7 Å². The van der Waals surface area contributed by atoms with E-state index >= 15 is 0 Å². The molecule has 0 atom stereocenters. The molecule has 2 aromatic carbocycles. The van der Waals surface area contributed by atoms with Gasteiger partial charge < -0.3 is 22.6 Å². The Labute approximate surface area is 146 Å². The Morgan fingerprint density at radius 2 is 1.64 bits per heavy atom. The summed E-state index contributed by atoms with van der Waals surface area (Å²) in [5.74, 6) is 0. The fourth-order valence-electron chi connectivity index (χ4n) is 3.75. The molecule has 0 bridgehead atoms. The van der Waals surface area contributed by atoms with Gasteiger partial charge in [-0.1, -0.05) is 6.07 Å². The molecule has 5 heteroatoms. The first kappa shape index (κ1) is 15.4. The third-order valence-corrected chi connectivity index (χ3v) is 5.06. The number of pyridine rings is 1. The van der Waals surface area contributed by atoms with Gasteiger partial charge in [0.2, 0.25) is 0 Å². The zero-order valence-electron chi connectivity index (χ0n) is 14.0. The maximum atomic E-state index is 7.56. The van der Waals surface area contributed by atoms with Crippen molar-refractivity contribution in [3.63, 3.8) is 0 Å². The highest BCUT2D eigenvalue weighted by Gasteiger charge is 2.21. The van der Waals surface area contributed by atoms with E-state index in [0.717, 1.165) is 47.8 Å². The SMILES string of the molecule is N=Cc1cc(-c2nc3ccc(N)c(N)c3c3c2CCCC3)ccc1N. The average molecular weight is 331 g/mol. The summed E-state index contributed by atoms with van der Waals surface area (Å²) in [5, 5.41) is 8.56. The molecule has 1 aliphatic rings. The molecule has 4 rings (SSSR count). The van der Waals surface area contributed by atoms with Gasteiger partial charge in [-0.3, -0.25) is 0 Å². The van der Waals surface area contributed by atoms with Crippen LogP contribution in [0.25, 0.3) is 22.2 Å². The van der Waals surface area contributed by atoms with E-state index in [0.29, 0.717) is 22.6 Å². The van der Waals surface area contributed by atoms with E-state index in [9.17, 15) is 0 Å². The summed E-state index contributed by atoms with van der Waals surface area (Å²) in [7, 11) is 0. The number of nitrogens with zero attached hydrogens (tertiary/aromatic N) is 1. The van der Waals surface area contributed by atoms with E-state index in [1.807, 2.05) is 30.3 Å². The summed E-state index contributed by atoms with van der Waals surface area (Å²) < 4.78 is 0. The molecule has 0 saturated heterocycles. The predicted molar refractivity (Wildman–Crippen MR) is 105 cm³/mol. The van der Waals surface area contributed by atoms with Gasteiger partial charge in [0, 0.05) is 28.4 Å². The lowest BCUT2D eigenvalue weighted by molar-refractivity contribution is 0.689. The summed E-state index contributed by atoms with van der Waals surface area (Å²) in [6.45, 7) is 0. The highest BCUT2D eigenvalue weighted by atomic mass is 14.7. The molecule has 0 aliphatic heterocycles. The van der Waals surface area contributed by atoms with Crippen LogP contribution in [0.4, 0.5) is 17.1 Å². The zero-order valence-corrected chi connectivity index (χ0v) is 14.0. The van der Waals surface area contributed by atoms with Crippen LogP contribution in [0.2, 0.25) is 0 Å². The van der Waals surface area contributed by atoms with Gasteiger partial charge in [0.1, 0.15) is 0 Å². The monoisotopic (exact) mass is 331 g/mol. The van der Waals surface area contributed by atoms with Gasteiger partial charge in [0.05, 0.1) is 22.6 Å². The number of nitrogens with one attached hydrogen (secondary N) is 1. The molecule has 0 spiro atoms. The van der Waals surface area contributed by atoms with Crippen molar-refractivity contribution in [1.82, 2.24) is 4.98 Å². The quantitative estimate of drug-likeness (QED) is 0.425. The van der Waals surface area contributed by atoms with Crippen molar-refractivity contribution in [2.24, 2.45) is 0 Å². The second-order valence-corrected chi connectivity index (χ2v) is 6.58. The van der Waals surface area contributed by atoms with Crippen LogP contribution in [0.1, 0.15) is 29.5 Å². The van der Waals surface area contributed by atoms with Crippen LogP contribution in [-0.2, 0) is 12.8 Å². The van der Waals surface area contributed by atoms with Gasteiger partial charge >= 0.3 is 0 Å². The Bertz CT molecular complexity index is 1010. The number of aromatic nitrogens is 1. The Morgan fingerprint density at radius 1 is 0.920 bits per heavy atom. The van der Waals surface area contributed by atoms with E-state index in [4.69, 9.17) is 27.6 Å². The maximum absolute atomic E-state index is 7.56. The highest BCUT2D eigenvalue weighted by molar-refractivity contribution is 6.01. The van der Waals surface area contributed by atoms with Crippen molar-refractivity contribution >= 4 is 34.2 Å². The summed E-state index contributed by atoms with van der Waals surface area (Å²) >= 11 is 0. The lowest BCUT2D eigenvalue weighted by Gasteiger charge is -2.23. The Balaban J connectivity index is 2.05. The molecule has 7 N–H and O–H groups in total. The molecular weight excluding hydrogens is 310 g/mol. The molecular formula is C20H21N5. The third-order valence-electron chi connectivity index (χ3n) is 5.06. The molecule has 1 heterocycles. The molecule has 0 radical (unpaired) electrons. The van der Waals surface area contributed by atoms with Crippen LogP contribution in [0.3, 0.4) is 0 Å². The zero-order chi connectivity index (χ0) is 17.6. The first-order chi connectivity index (χ1) is 12.1. The predicted octanol–water partition coefficient (Wildman–Crippen LogP) is 3.52. The van der Waals surface area contributed by atoms with E-state index in [1.54, 1.807) is 0 Å². The molecule has 0 unspecified atom stereocenters. The van der Waals surface area contributed by atoms with Crippen molar-refractivity contribution in [1.29, 1.82) is 5.41 Å². The van der Waals surface area contributed by atoms with E-state index in [-0.39, 0.29) is 0 Å². The summed E-state index contributed by atoms with van der Waals surface area (Å²) in [6, 6.07) is 9.51. The summed E-state index contributed by atoms with van der Waals surface area (Å²) in [6.07, 6.45) is 5.54. The number of rotatable bonds is 2. The van der Waals surface area contributed by atoms with Crippen molar-refractivity contribution < 1.29 is 0 Å². The van der Waals surface area contributed by atoms with Gasteiger partial charge in [-0.2, -0.15) is 0 Å². The van der Waals surface area contributed by atoms with Crippen LogP contribution in [0, 0.1) is 5.41 Å². The van der Waals surface area contributed by atoms with Crippen LogP contribution < -0.4 is 17.2 Å². The highest BCUT2D eigenvalue weighted by Crippen LogP contribution is 2.39. The molecule has 25 heavy (non-hydrogen) atoms. The molecule has 1 aliphatic carbocycles. The van der Waals surface area contributed by atoms with Gasteiger partial charge in [0.25, 0.3) is 0 Å². The van der Waals surface area contributed by atoms with Crippen LogP contribution in [-0.4, -0.2) is 11.2 Å². The number of nitrogens with two attached hydrogens (primary N) is 3. The summed E-state index contributed by atoms with van der Waals surface area (Å²) in [5.41, 5.74) is 26.1. The lowest BCUT2D eigenvalue weighted by Crippen LogP contribution is -2.10. The van der Waals surface area contributed by atoms with Crippen molar-refractivity contribution in [2.75, 3.05) is 17.2 Å². The first-order valence-corrected chi connectivity index (χ1v) is 8.50. The van der Waals surface area contributed by atoms with E-state index in [2.05, 4.69) is 0 Å². The third kappa shape index (κ3) is 2.39. The number of hydrogen-bond acceptors (Lipinski definition) is 5. The van der Waals surface area contributed by atoms with E-state index in [1.165, 1.54) is 17.3 Å². The standard InChI is InChI=1S/C20H21N5/c21-10-12-9-11(5-6-15(12)22)20-14-4-2-1-3-13(14)18-17(25-20)8-7-16(23)19(18)24/h5-10,21H,1-4,22-24H2. The van der Waals surface area contributed by atoms with Crippen LogP contribution in [0.5, 0.6) is 0 Å². The first-order valence-electron chi connectivity index (χ1n) is 8.50. The van der Waals surface area contributed by atoms with Gasteiger partial charge in [-0.05, 0) is 61.1 Å². The molecule has 0 saturated carbocycles. The molecule has 0 fully saturated rings. The smallest absolute Gasteiger partial charge is 0.0744 e. The largest absolute Gasteiger partial charge is 0.398 e. The second kappa shape index (κ2) is 5.77. The number of benzene rings is 2. The maximum Gasteiger partial charge on any atom is 0.0744 e. The van der Waals surface area contributed by atoms with Crippen molar-refractivity contribution in [3.05, 3.63) is 47.0 Å². The number of nitrogen functional groups attached to an aromatic ring is 3. The molecule has 1 aromatic heterocycles. The Morgan fingerprint density at radius 3 is 2.40 bits per heavy atom. The number of aryl methyl sites for hydroxylation is 1. The Hall–Kier alpha value is -3.08. The summed E-state index contributed by atoms with van der Waals surface area (Å²) in [4.78, 5) is 4.91. The molecule has 126 valence electrons. The molecule has 0 amide bonds. The fraction of sp³-hybridized carbons (Fsp3) is 0.200. The van der Waals surface area contributed by atoms with Gasteiger partial charge in [-0.15, -0.1) is 0 Å². The minimum absolute atomic E-state index is 0.602. The minimum Gasteiger partial charge on any atom is -0.398 e. The molecule has 5 nitrogen and oxygen atoms in total. The normalized spacial score (nSPS) is 13.6. The number of fused-ring (bicyclic) bond motifs is 3. The average Bonchev–Trinajstić information content (AvgIpc) is 2.64. The second-order valence-electron chi connectivity index (χ2n) is 6.58. The minimum atomic E-state index is 0.602. The van der Waals surface area contributed by atoms with Crippen LogP contribution in [0.15, 0.2) is 30.3 Å². The van der Waals surface area contributed by atoms with Gasteiger partial charge in [-0.25, -0.2) is 4.98 Å². The fourth-order valence-corrected chi connectivity index (χ4v) is 3.75. The Kier molecular flexibility index (Phi) is 3.57. The van der Waals surface area contributed by atoms with Gasteiger partial charge in [0.15, 0.2) is 0 Å². The molecule has 3 aromatic rings.